The number of rotatable bonds is 5. The minimum absolute atomic E-state index is 0.0627. The predicted octanol–water partition coefficient (Wildman–Crippen LogP) is 3.13. The second-order valence-corrected chi connectivity index (χ2v) is 4.93. The fraction of sp³-hybridized carbons (Fsp3) is 0.429. The van der Waals surface area contributed by atoms with Gasteiger partial charge < -0.3 is 4.74 Å². The van der Waals surface area contributed by atoms with E-state index in [2.05, 4.69) is 4.74 Å². The number of benzene rings is 1. The van der Waals surface area contributed by atoms with E-state index >= 15 is 0 Å². The normalized spacial score (nSPS) is 11.2. The molecule has 104 valence electrons. The van der Waals surface area contributed by atoms with E-state index in [9.17, 15) is 18.4 Å². The van der Waals surface area contributed by atoms with Crippen molar-refractivity contribution in [2.45, 2.75) is 26.7 Å². The van der Waals surface area contributed by atoms with Crippen LogP contribution in [0.5, 0.6) is 0 Å². The summed E-state index contributed by atoms with van der Waals surface area (Å²) in [6.07, 6.45) is 0.338. The molecule has 0 heterocycles. The smallest absolute Gasteiger partial charge is 0.311 e. The largest absolute Gasteiger partial charge is 0.469 e. The highest BCUT2D eigenvalue weighted by molar-refractivity contribution is 5.96. The minimum Gasteiger partial charge on any atom is -0.469 e. The molecule has 19 heavy (non-hydrogen) atoms. The molecule has 0 aliphatic carbocycles. The molecule has 5 heteroatoms. The Morgan fingerprint density at radius 3 is 2.37 bits per heavy atom. The van der Waals surface area contributed by atoms with Gasteiger partial charge in [0.2, 0.25) is 0 Å². The molecule has 0 saturated heterocycles. The van der Waals surface area contributed by atoms with E-state index in [1.54, 1.807) is 13.8 Å². The number of Topliss-reactive ketones (excluding diaryl/α,β-unsaturated/α-hetero) is 1. The van der Waals surface area contributed by atoms with Crippen molar-refractivity contribution in [2.24, 2.45) is 5.41 Å². The summed E-state index contributed by atoms with van der Waals surface area (Å²) in [4.78, 5) is 23.3. The maximum atomic E-state index is 13.0. The van der Waals surface area contributed by atoms with Gasteiger partial charge in [-0.2, -0.15) is 0 Å². The van der Waals surface area contributed by atoms with E-state index < -0.39 is 23.0 Å². The summed E-state index contributed by atoms with van der Waals surface area (Å²) in [5, 5.41) is 0. The number of hydrogen-bond acceptors (Lipinski definition) is 3. The number of ketones is 1. The number of hydrogen-bond donors (Lipinski definition) is 0. The van der Waals surface area contributed by atoms with Gasteiger partial charge in [-0.15, -0.1) is 0 Å². The summed E-state index contributed by atoms with van der Waals surface area (Å²) in [5.41, 5.74) is -0.692. The highest BCUT2D eigenvalue weighted by Crippen LogP contribution is 2.25. The number of carbonyl (C=O) groups is 2. The van der Waals surface area contributed by atoms with E-state index in [-0.39, 0.29) is 24.2 Å². The first-order valence-corrected chi connectivity index (χ1v) is 5.84. The lowest BCUT2D eigenvalue weighted by Gasteiger charge is -2.20. The first kappa shape index (κ1) is 15.3. The molecular formula is C14H16F2O3. The van der Waals surface area contributed by atoms with Gasteiger partial charge in [-0.25, -0.2) is 8.78 Å². The molecule has 0 radical (unpaired) electrons. The van der Waals surface area contributed by atoms with E-state index in [0.29, 0.717) is 0 Å². The number of methoxy groups -OCH3 is 1. The molecule has 3 nitrogen and oxygen atoms in total. The van der Waals surface area contributed by atoms with Crippen molar-refractivity contribution in [2.75, 3.05) is 7.11 Å². The molecule has 0 spiro atoms. The molecule has 1 aromatic carbocycles. The molecule has 0 fully saturated rings. The summed E-state index contributed by atoms with van der Waals surface area (Å²) in [5.74, 6) is -2.80. The first-order chi connectivity index (χ1) is 8.77. The second-order valence-electron chi connectivity index (χ2n) is 4.93. The van der Waals surface area contributed by atoms with Crippen molar-refractivity contribution in [3.05, 3.63) is 35.4 Å². The van der Waals surface area contributed by atoms with E-state index in [4.69, 9.17) is 0 Å². The maximum absolute atomic E-state index is 13.0. The lowest BCUT2D eigenvalue weighted by atomic mass is 9.86. The Morgan fingerprint density at radius 1 is 1.21 bits per heavy atom. The van der Waals surface area contributed by atoms with Crippen LogP contribution in [0.2, 0.25) is 0 Å². The third kappa shape index (κ3) is 3.84. The van der Waals surface area contributed by atoms with Crippen molar-refractivity contribution >= 4 is 11.8 Å². The van der Waals surface area contributed by atoms with Crippen molar-refractivity contribution in [1.29, 1.82) is 0 Å². The van der Waals surface area contributed by atoms with Crippen LogP contribution in [-0.4, -0.2) is 18.9 Å². The Balaban J connectivity index is 2.70. The van der Waals surface area contributed by atoms with E-state index in [1.807, 2.05) is 0 Å². The third-order valence-corrected chi connectivity index (χ3v) is 2.96. The van der Waals surface area contributed by atoms with Gasteiger partial charge in [-0.1, -0.05) is 0 Å². The van der Waals surface area contributed by atoms with Crippen LogP contribution >= 0.6 is 0 Å². The predicted molar refractivity (Wildman–Crippen MR) is 65.7 cm³/mol. The van der Waals surface area contributed by atoms with Gasteiger partial charge in [0.15, 0.2) is 17.4 Å². The van der Waals surface area contributed by atoms with Crippen LogP contribution in [0.1, 0.15) is 37.0 Å². The Bertz CT molecular complexity index is 495. The zero-order chi connectivity index (χ0) is 14.6. The van der Waals surface area contributed by atoms with Crippen LogP contribution in [0.15, 0.2) is 18.2 Å². The van der Waals surface area contributed by atoms with E-state index in [0.717, 1.165) is 12.1 Å². The van der Waals surface area contributed by atoms with Crippen LogP contribution in [0.25, 0.3) is 0 Å². The standard InChI is InChI=1S/C14H16F2O3/c1-14(2,13(18)19-3)7-6-12(17)9-4-5-10(15)11(16)8-9/h4-5,8H,6-7H2,1-3H3. The summed E-state index contributed by atoms with van der Waals surface area (Å²) < 4.78 is 30.4. The first-order valence-electron chi connectivity index (χ1n) is 5.84. The SMILES string of the molecule is COC(=O)C(C)(C)CCC(=O)c1ccc(F)c(F)c1. The van der Waals surface area contributed by atoms with Crippen molar-refractivity contribution in [3.63, 3.8) is 0 Å². The number of halogens is 2. The molecule has 0 saturated carbocycles. The molecule has 0 N–H and O–H groups in total. The van der Waals surface area contributed by atoms with Gasteiger partial charge in [0.05, 0.1) is 12.5 Å². The molecule has 1 aromatic rings. The Labute approximate surface area is 110 Å². The zero-order valence-corrected chi connectivity index (χ0v) is 11.1. The second kappa shape index (κ2) is 5.91. The minimum atomic E-state index is -1.06. The number of esters is 1. The molecule has 0 aliphatic heterocycles. The van der Waals surface area contributed by atoms with Crippen LogP contribution in [-0.2, 0) is 9.53 Å². The Hall–Kier alpha value is -1.78. The molecule has 0 aliphatic rings. The van der Waals surface area contributed by atoms with Crippen LogP contribution in [0.3, 0.4) is 0 Å². The van der Waals surface area contributed by atoms with Crippen molar-refractivity contribution in [1.82, 2.24) is 0 Å². The van der Waals surface area contributed by atoms with Crippen LogP contribution < -0.4 is 0 Å². The van der Waals surface area contributed by atoms with Crippen LogP contribution in [0.4, 0.5) is 8.78 Å². The monoisotopic (exact) mass is 270 g/mol. The molecule has 0 amide bonds. The average Bonchev–Trinajstić information content (AvgIpc) is 2.38. The molecule has 0 unspecified atom stereocenters. The van der Waals surface area contributed by atoms with Crippen molar-refractivity contribution in [3.8, 4) is 0 Å². The van der Waals surface area contributed by atoms with Crippen molar-refractivity contribution < 1.29 is 23.1 Å². The average molecular weight is 270 g/mol. The summed E-state index contributed by atoms with van der Waals surface area (Å²) in [6, 6.07) is 3.00. The highest BCUT2D eigenvalue weighted by Gasteiger charge is 2.29. The van der Waals surface area contributed by atoms with E-state index in [1.165, 1.54) is 13.2 Å². The quantitative estimate of drug-likeness (QED) is 0.610. The summed E-state index contributed by atoms with van der Waals surface area (Å²) >= 11 is 0. The molecular weight excluding hydrogens is 254 g/mol. The molecule has 1 rings (SSSR count). The van der Waals surface area contributed by atoms with Gasteiger partial charge in [0.25, 0.3) is 0 Å². The van der Waals surface area contributed by atoms with Gasteiger partial charge in [0.1, 0.15) is 0 Å². The van der Waals surface area contributed by atoms with Crippen LogP contribution in [0, 0.1) is 17.0 Å². The maximum Gasteiger partial charge on any atom is 0.311 e. The fourth-order valence-corrected chi connectivity index (χ4v) is 1.62. The van der Waals surface area contributed by atoms with Gasteiger partial charge in [-0.05, 0) is 38.5 Å². The molecule has 0 bridgehead atoms. The van der Waals surface area contributed by atoms with Gasteiger partial charge >= 0.3 is 5.97 Å². The highest BCUT2D eigenvalue weighted by atomic mass is 19.2. The number of carbonyl (C=O) groups excluding carboxylic acids is 2. The lowest BCUT2D eigenvalue weighted by molar-refractivity contribution is -0.151. The molecule has 0 aromatic heterocycles. The lowest BCUT2D eigenvalue weighted by Crippen LogP contribution is -2.26. The van der Waals surface area contributed by atoms with Gasteiger partial charge in [-0.3, -0.25) is 9.59 Å². The molecule has 0 atom stereocenters. The zero-order valence-electron chi connectivity index (χ0n) is 11.1. The fourth-order valence-electron chi connectivity index (χ4n) is 1.62. The Kier molecular flexibility index (Phi) is 4.75. The number of ether oxygens (including phenoxy) is 1. The third-order valence-electron chi connectivity index (χ3n) is 2.96. The van der Waals surface area contributed by atoms with Gasteiger partial charge in [0, 0.05) is 12.0 Å². The Morgan fingerprint density at radius 2 is 1.84 bits per heavy atom. The summed E-state index contributed by atoms with van der Waals surface area (Å²) in [6.45, 7) is 3.33. The summed E-state index contributed by atoms with van der Waals surface area (Å²) in [7, 11) is 1.28. The topological polar surface area (TPSA) is 43.4 Å².